The van der Waals surface area contributed by atoms with Crippen LogP contribution in [-0.4, -0.2) is 45.2 Å². The third-order valence-corrected chi connectivity index (χ3v) is 3.21. The summed E-state index contributed by atoms with van der Waals surface area (Å²) in [6.07, 6.45) is 2.70. The molecule has 0 heterocycles. The number of ether oxygens (including phenoxy) is 1. The number of carbonyl (C=O) groups excluding carboxylic acids is 1. The van der Waals surface area contributed by atoms with Crippen molar-refractivity contribution in [3.05, 3.63) is 35.4 Å². The fraction of sp³-hybridized carbons (Fsp3) is 0.562. The van der Waals surface area contributed by atoms with Gasteiger partial charge in [-0.2, -0.15) is 0 Å². The first-order valence-corrected chi connectivity index (χ1v) is 7.12. The van der Waals surface area contributed by atoms with E-state index in [0.717, 1.165) is 31.6 Å². The number of benzene rings is 1. The average molecular weight is 278 g/mol. The van der Waals surface area contributed by atoms with Crippen LogP contribution in [0.3, 0.4) is 0 Å². The van der Waals surface area contributed by atoms with E-state index in [1.165, 1.54) is 19.1 Å². The van der Waals surface area contributed by atoms with Gasteiger partial charge >= 0.3 is 5.97 Å². The highest BCUT2D eigenvalue weighted by molar-refractivity contribution is 5.72. The molecule has 0 saturated carbocycles. The Morgan fingerprint density at radius 1 is 1.20 bits per heavy atom. The minimum atomic E-state index is -0.191. The predicted molar refractivity (Wildman–Crippen MR) is 81.7 cm³/mol. The van der Waals surface area contributed by atoms with Crippen molar-refractivity contribution in [1.82, 2.24) is 10.2 Å². The van der Waals surface area contributed by atoms with Crippen molar-refractivity contribution >= 4 is 5.97 Å². The van der Waals surface area contributed by atoms with Crippen LogP contribution in [-0.2, 0) is 22.5 Å². The Morgan fingerprint density at radius 3 is 2.55 bits per heavy atom. The van der Waals surface area contributed by atoms with Crippen LogP contribution in [0.4, 0.5) is 0 Å². The molecule has 0 fully saturated rings. The molecule has 1 aromatic carbocycles. The second-order valence-electron chi connectivity index (χ2n) is 5.21. The van der Waals surface area contributed by atoms with Gasteiger partial charge < -0.3 is 15.0 Å². The quantitative estimate of drug-likeness (QED) is 0.553. The summed E-state index contributed by atoms with van der Waals surface area (Å²) in [5.74, 6) is -0.191. The molecule has 0 radical (unpaired) electrons. The van der Waals surface area contributed by atoms with Crippen LogP contribution in [0.5, 0.6) is 0 Å². The van der Waals surface area contributed by atoms with Gasteiger partial charge in [0.25, 0.3) is 0 Å². The molecule has 0 spiro atoms. The molecule has 1 aromatic rings. The highest BCUT2D eigenvalue weighted by Gasteiger charge is 2.07. The molecule has 1 N–H and O–H groups in total. The summed E-state index contributed by atoms with van der Waals surface area (Å²) in [5, 5.41) is 3.44. The summed E-state index contributed by atoms with van der Waals surface area (Å²) in [6, 6.07) is 8.01. The van der Waals surface area contributed by atoms with Crippen molar-refractivity contribution in [3.63, 3.8) is 0 Å². The summed E-state index contributed by atoms with van der Waals surface area (Å²) >= 11 is 0. The molecule has 0 atom stereocenters. The van der Waals surface area contributed by atoms with Crippen LogP contribution in [0.1, 0.15) is 24.0 Å². The number of unbranched alkanes of at least 4 members (excludes halogenated alkanes) is 1. The topological polar surface area (TPSA) is 41.6 Å². The van der Waals surface area contributed by atoms with E-state index >= 15 is 0 Å². The van der Waals surface area contributed by atoms with Gasteiger partial charge in [0.1, 0.15) is 0 Å². The lowest BCUT2D eigenvalue weighted by molar-refractivity contribution is -0.139. The van der Waals surface area contributed by atoms with Crippen LogP contribution >= 0.6 is 0 Å². The lowest BCUT2D eigenvalue weighted by atomic mass is 10.0. The van der Waals surface area contributed by atoms with Crippen LogP contribution in [0.25, 0.3) is 0 Å². The minimum Gasteiger partial charge on any atom is -0.469 e. The zero-order valence-electron chi connectivity index (χ0n) is 12.8. The van der Waals surface area contributed by atoms with E-state index in [1.807, 2.05) is 18.2 Å². The first-order valence-electron chi connectivity index (χ1n) is 7.12. The molecule has 4 heteroatoms. The van der Waals surface area contributed by atoms with Gasteiger partial charge in [0, 0.05) is 6.54 Å². The first kappa shape index (κ1) is 16.7. The zero-order chi connectivity index (χ0) is 14.8. The zero-order valence-corrected chi connectivity index (χ0v) is 12.8. The van der Waals surface area contributed by atoms with Crippen molar-refractivity contribution in [1.29, 1.82) is 0 Å². The number of nitrogens with zero attached hydrogens (tertiary/aromatic N) is 1. The van der Waals surface area contributed by atoms with E-state index in [1.54, 1.807) is 0 Å². The SMILES string of the molecule is COC(=O)Cc1ccccc1CNCCCCN(C)C. The summed E-state index contributed by atoms with van der Waals surface area (Å²) in [5.41, 5.74) is 2.21. The van der Waals surface area contributed by atoms with E-state index in [0.29, 0.717) is 6.42 Å². The number of esters is 1. The molecule has 4 nitrogen and oxygen atoms in total. The predicted octanol–water partition coefficient (Wildman–Crippen LogP) is 1.83. The van der Waals surface area contributed by atoms with E-state index in [-0.39, 0.29) is 5.97 Å². The van der Waals surface area contributed by atoms with E-state index < -0.39 is 0 Å². The highest BCUT2D eigenvalue weighted by Crippen LogP contribution is 2.10. The van der Waals surface area contributed by atoms with Crippen LogP contribution in [0.2, 0.25) is 0 Å². The number of nitrogens with one attached hydrogen (secondary N) is 1. The molecular weight excluding hydrogens is 252 g/mol. The smallest absolute Gasteiger partial charge is 0.309 e. The Hall–Kier alpha value is -1.39. The second kappa shape index (κ2) is 9.50. The molecule has 1 rings (SSSR count). The molecule has 20 heavy (non-hydrogen) atoms. The van der Waals surface area contributed by atoms with E-state index in [2.05, 4.69) is 30.4 Å². The molecule has 0 saturated heterocycles. The molecule has 0 bridgehead atoms. The molecule has 0 aliphatic carbocycles. The Kier molecular flexibility index (Phi) is 7.92. The summed E-state index contributed by atoms with van der Waals surface area (Å²) in [7, 11) is 5.61. The maximum Gasteiger partial charge on any atom is 0.309 e. The van der Waals surface area contributed by atoms with Crippen molar-refractivity contribution in [2.24, 2.45) is 0 Å². The summed E-state index contributed by atoms with van der Waals surface area (Å²) < 4.78 is 4.73. The monoisotopic (exact) mass is 278 g/mol. The maximum absolute atomic E-state index is 11.4. The van der Waals surface area contributed by atoms with E-state index in [4.69, 9.17) is 4.74 Å². The lowest BCUT2D eigenvalue weighted by Gasteiger charge is -2.11. The number of methoxy groups -OCH3 is 1. The number of hydrogen-bond acceptors (Lipinski definition) is 4. The molecular formula is C16H26N2O2. The van der Waals surface area contributed by atoms with Gasteiger partial charge in [0.2, 0.25) is 0 Å². The van der Waals surface area contributed by atoms with Crippen molar-refractivity contribution in [2.75, 3.05) is 34.3 Å². The maximum atomic E-state index is 11.4. The van der Waals surface area contributed by atoms with Gasteiger partial charge in [-0.05, 0) is 51.2 Å². The molecule has 0 aromatic heterocycles. The molecule has 0 aliphatic heterocycles. The summed E-state index contributed by atoms with van der Waals surface area (Å²) in [6.45, 7) is 2.93. The normalized spacial score (nSPS) is 10.8. The van der Waals surface area contributed by atoms with Gasteiger partial charge in [-0.25, -0.2) is 0 Å². The Bertz CT molecular complexity index is 405. The van der Waals surface area contributed by atoms with Gasteiger partial charge in [-0.1, -0.05) is 24.3 Å². The fourth-order valence-corrected chi connectivity index (χ4v) is 2.03. The average Bonchev–Trinajstić information content (AvgIpc) is 2.43. The first-order chi connectivity index (χ1) is 9.63. The van der Waals surface area contributed by atoms with Crippen molar-refractivity contribution in [2.45, 2.75) is 25.8 Å². The minimum absolute atomic E-state index is 0.191. The number of hydrogen-bond donors (Lipinski definition) is 1. The Morgan fingerprint density at radius 2 is 1.90 bits per heavy atom. The van der Waals surface area contributed by atoms with Gasteiger partial charge in [-0.3, -0.25) is 4.79 Å². The largest absolute Gasteiger partial charge is 0.469 e. The van der Waals surface area contributed by atoms with Crippen LogP contribution in [0, 0.1) is 0 Å². The standard InChI is InChI=1S/C16H26N2O2/c1-18(2)11-7-6-10-17-13-15-9-5-4-8-14(15)12-16(19)20-3/h4-5,8-9,17H,6-7,10-13H2,1-3H3. The lowest BCUT2D eigenvalue weighted by Crippen LogP contribution is -2.19. The Balaban J connectivity index is 2.34. The number of rotatable bonds is 9. The number of carbonyl (C=O) groups is 1. The third-order valence-electron chi connectivity index (χ3n) is 3.21. The molecule has 0 unspecified atom stereocenters. The third kappa shape index (κ3) is 6.68. The van der Waals surface area contributed by atoms with Crippen LogP contribution < -0.4 is 5.32 Å². The van der Waals surface area contributed by atoms with Crippen LogP contribution in [0.15, 0.2) is 24.3 Å². The molecule has 0 aliphatic rings. The van der Waals surface area contributed by atoms with Gasteiger partial charge in [-0.15, -0.1) is 0 Å². The summed E-state index contributed by atoms with van der Waals surface area (Å²) in [4.78, 5) is 13.6. The van der Waals surface area contributed by atoms with E-state index in [9.17, 15) is 4.79 Å². The fourth-order valence-electron chi connectivity index (χ4n) is 2.03. The second-order valence-corrected chi connectivity index (χ2v) is 5.21. The Labute approximate surface area is 122 Å². The van der Waals surface area contributed by atoms with Crippen molar-refractivity contribution < 1.29 is 9.53 Å². The van der Waals surface area contributed by atoms with Gasteiger partial charge in [0.15, 0.2) is 0 Å². The molecule has 112 valence electrons. The highest BCUT2D eigenvalue weighted by atomic mass is 16.5. The molecule has 0 amide bonds. The van der Waals surface area contributed by atoms with Gasteiger partial charge in [0.05, 0.1) is 13.5 Å². The van der Waals surface area contributed by atoms with Crippen molar-refractivity contribution in [3.8, 4) is 0 Å².